The zero-order valence-electron chi connectivity index (χ0n) is 19.1. The summed E-state index contributed by atoms with van der Waals surface area (Å²) in [5, 5.41) is 12.9. The molecule has 1 saturated heterocycles. The van der Waals surface area contributed by atoms with E-state index in [4.69, 9.17) is 0 Å². The maximum absolute atomic E-state index is 12.6. The predicted molar refractivity (Wildman–Crippen MR) is 120 cm³/mol. The maximum atomic E-state index is 12.6. The second-order valence-corrected chi connectivity index (χ2v) is 8.43. The first-order chi connectivity index (χ1) is 15.7. The molecule has 3 rings (SSSR count). The van der Waals surface area contributed by atoms with Crippen LogP contribution in [0.4, 0.5) is 13.2 Å². The molecular weight excluding hydrogens is 431 g/mol. The molecule has 0 spiro atoms. The minimum Gasteiger partial charge on any atom is -0.406 e. The van der Waals surface area contributed by atoms with Crippen LogP contribution in [0.2, 0.25) is 0 Å². The molecule has 0 aliphatic carbocycles. The quantitative estimate of drug-likeness (QED) is 0.650. The Kier molecular flexibility index (Phi) is 8.32. The van der Waals surface area contributed by atoms with Gasteiger partial charge in [0, 0.05) is 38.8 Å². The van der Waals surface area contributed by atoms with Gasteiger partial charge in [0.05, 0.1) is 17.8 Å². The van der Waals surface area contributed by atoms with E-state index in [9.17, 15) is 18.4 Å². The summed E-state index contributed by atoms with van der Waals surface area (Å²) in [6, 6.07) is 15.8. The first kappa shape index (κ1) is 25.0. The van der Waals surface area contributed by atoms with Gasteiger partial charge in [-0.3, -0.25) is 9.80 Å². The standard InChI is InChI=1S/C24H30F3N5O/c1-29-23(17-30(2)3)32-13-12-31(15-20-7-5-4-6-19(20)14-28)22(16-32)18-8-10-21(11-9-18)33-24(25,26)27/h4-11,22-23,29H,12-13,15-17H2,1-3H3. The van der Waals surface area contributed by atoms with Crippen LogP contribution in [-0.4, -0.2) is 74.5 Å². The molecule has 178 valence electrons. The van der Waals surface area contributed by atoms with E-state index in [1.54, 1.807) is 18.2 Å². The summed E-state index contributed by atoms with van der Waals surface area (Å²) >= 11 is 0. The molecule has 1 N–H and O–H groups in total. The summed E-state index contributed by atoms with van der Waals surface area (Å²) in [5.74, 6) is -0.235. The van der Waals surface area contributed by atoms with Gasteiger partial charge in [-0.05, 0) is 50.5 Å². The van der Waals surface area contributed by atoms with Crippen LogP contribution in [0, 0.1) is 11.3 Å². The summed E-state index contributed by atoms with van der Waals surface area (Å²) in [7, 11) is 5.98. The van der Waals surface area contributed by atoms with Gasteiger partial charge in [-0.25, -0.2) is 0 Å². The third kappa shape index (κ3) is 6.92. The Morgan fingerprint density at radius 2 is 1.85 bits per heavy atom. The number of alkyl halides is 3. The van der Waals surface area contributed by atoms with Crippen molar-refractivity contribution < 1.29 is 17.9 Å². The number of rotatable bonds is 8. The third-order valence-electron chi connectivity index (χ3n) is 5.84. The Morgan fingerprint density at radius 1 is 1.15 bits per heavy atom. The van der Waals surface area contributed by atoms with E-state index >= 15 is 0 Å². The second-order valence-electron chi connectivity index (χ2n) is 8.43. The Hall–Kier alpha value is -2.64. The van der Waals surface area contributed by atoms with Crippen molar-refractivity contribution in [3.8, 4) is 11.8 Å². The van der Waals surface area contributed by atoms with E-state index < -0.39 is 6.36 Å². The molecule has 6 nitrogen and oxygen atoms in total. The molecule has 1 aliphatic rings. The lowest BCUT2D eigenvalue weighted by Crippen LogP contribution is -2.57. The van der Waals surface area contributed by atoms with Gasteiger partial charge in [0.2, 0.25) is 0 Å². The van der Waals surface area contributed by atoms with Crippen molar-refractivity contribution in [1.82, 2.24) is 20.0 Å². The molecule has 2 aromatic rings. The van der Waals surface area contributed by atoms with Gasteiger partial charge in [0.1, 0.15) is 5.75 Å². The molecule has 2 atom stereocenters. The summed E-state index contributed by atoms with van der Waals surface area (Å²) in [4.78, 5) is 6.77. The molecule has 1 aliphatic heterocycles. The van der Waals surface area contributed by atoms with Crippen LogP contribution < -0.4 is 10.1 Å². The van der Waals surface area contributed by atoms with Crippen LogP contribution >= 0.6 is 0 Å². The van der Waals surface area contributed by atoms with Gasteiger partial charge in [-0.15, -0.1) is 13.2 Å². The molecule has 2 unspecified atom stereocenters. The van der Waals surface area contributed by atoms with E-state index in [0.717, 1.165) is 30.8 Å². The van der Waals surface area contributed by atoms with Crippen LogP contribution in [0.5, 0.6) is 5.75 Å². The average molecular weight is 462 g/mol. The molecule has 2 aromatic carbocycles. The van der Waals surface area contributed by atoms with Crippen LogP contribution in [0.3, 0.4) is 0 Å². The van der Waals surface area contributed by atoms with E-state index in [0.29, 0.717) is 18.7 Å². The number of hydrogen-bond donors (Lipinski definition) is 1. The Labute approximate surface area is 193 Å². The zero-order valence-corrected chi connectivity index (χ0v) is 19.1. The van der Waals surface area contributed by atoms with Crippen molar-refractivity contribution in [2.45, 2.75) is 25.1 Å². The SMILES string of the molecule is CNC(CN(C)C)N1CCN(Cc2ccccc2C#N)C(c2ccc(OC(F)(F)F)cc2)C1. The zero-order chi connectivity index (χ0) is 24.0. The molecule has 0 saturated carbocycles. The fourth-order valence-corrected chi connectivity index (χ4v) is 4.24. The van der Waals surface area contributed by atoms with Crippen LogP contribution in [0.15, 0.2) is 48.5 Å². The number of ether oxygens (including phenoxy) is 1. The van der Waals surface area contributed by atoms with Gasteiger partial charge in [-0.1, -0.05) is 30.3 Å². The number of piperazine rings is 1. The number of hydrogen-bond acceptors (Lipinski definition) is 6. The highest BCUT2D eigenvalue weighted by molar-refractivity contribution is 5.37. The van der Waals surface area contributed by atoms with Crippen LogP contribution in [0.1, 0.15) is 22.7 Å². The Balaban J connectivity index is 1.86. The number of nitrogens with zero attached hydrogens (tertiary/aromatic N) is 4. The average Bonchev–Trinajstić information content (AvgIpc) is 2.77. The smallest absolute Gasteiger partial charge is 0.406 e. The summed E-state index contributed by atoms with van der Waals surface area (Å²) in [6.45, 7) is 3.71. The Morgan fingerprint density at radius 3 is 2.45 bits per heavy atom. The first-order valence-electron chi connectivity index (χ1n) is 10.8. The molecule has 0 aromatic heterocycles. The largest absolute Gasteiger partial charge is 0.573 e. The van der Waals surface area contributed by atoms with Gasteiger partial charge >= 0.3 is 6.36 Å². The van der Waals surface area contributed by atoms with Crippen molar-refractivity contribution >= 4 is 0 Å². The highest BCUT2D eigenvalue weighted by Gasteiger charge is 2.33. The fourth-order valence-electron chi connectivity index (χ4n) is 4.24. The predicted octanol–water partition coefficient (Wildman–Crippen LogP) is 3.42. The molecule has 33 heavy (non-hydrogen) atoms. The summed E-state index contributed by atoms with van der Waals surface area (Å²) < 4.78 is 41.8. The molecule has 0 bridgehead atoms. The minimum absolute atomic E-state index is 0.0524. The van der Waals surface area contributed by atoms with Crippen molar-refractivity contribution in [2.75, 3.05) is 47.3 Å². The van der Waals surface area contributed by atoms with Gasteiger partial charge in [-0.2, -0.15) is 5.26 Å². The normalized spacial score (nSPS) is 18.8. The maximum Gasteiger partial charge on any atom is 0.573 e. The first-order valence-corrected chi connectivity index (χ1v) is 10.8. The molecule has 1 heterocycles. The lowest BCUT2D eigenvalue weighted by molar-refractivity contribution is -0.274. The van der Waals surface area contributed by atoms with Crippen molar-refractivity contribution in [2.24, 2.45) is 0 Å². The summed E-state index contributed by atoms with van der Waals surface area (Å²) in [6.07, 6.45) is -4.58. The van der Waals surface area contributed by atoms with E-state index in [1.807, 2.05) is 39.3 Å². The Bertz CT molecular complexity index is 942. The lowest BCUT2D eigenvalue weighted by Gasteiger charge is -2.45. The highest BCUT2D eigenvalue weighted by Crippen LogP contribution is 2.31. The lowest BCUT2D eigenvalue weighted by atomic mass is 9.99. The number of benzene rings is 2. The number of likely N-dealkylation sites (N-methyl/N-ethyl adjacent to an activating group) is 2. The fraction of sp³-hybridized carbons (Fsp3) is 0.458. The van der Waals surface area contributed by atoms with E-state index in [2.05, 4.69) is 30.8 Å². The molecule has 9 heteroatoms. The van der Waals surface area contributed by atoms with Crippen LogP contribution in [0.25, 0.3) is 0 Å². The van der Waals surface area contributed by atoms with E-state index in [-0.39, 0.29) is 18.0 Å². The number of halogens is 3. The number of nitrogens with one attached hydrogen (secondary N) is 1. The second kappa shape index (κ2) is 11.0. The molecule has 0 amide bonds. The monoisotopic (exact) mass is 461 g/mol. The van der Waals surface area contributed by atoms with Crippen LogP contribution in [-0.2, 0) is 6.54 Å². The summed E-state index contributed by atoms with van der Waals surface area (Å²) in [5.41, 5.74) is 2.48. The van der Waals surface area contributed by atoms with Gasteiger partial charge in [0.25, 0.3) is 0 Å². The molecule has 0 radical (unpaired) electrons. The molecule has 1 fully saturated rings. The third-order valence-corrected chi connectivity index (χ3v) is 5.84. The van der Waals surface area contributed by atoms with Gasteiger partial charge < -0.3 is 15.0 Å². The number of nitriles is 1. The van der Waals surface area contributed by atoms with Gasteiger partial charge in [0.15, 0.2) is 0 Å². The van der Waals surface area contributed by atoms with Crippen molar-refractivity contribution in [1.29, 1.82) is 5.26 Å². The topological polar surface area (TPSA) is 54.8 Å². The van der Waals surface area contributed by atoms with E-state index in [1.165, 1.54) is 12.1 Å². The minimum atomic E-state index is -4.72. The van der Waals surface area contributed by atoms with Crippen molar-refractivity contribution in [3.63, 3.8) is 0 Å². The van der Waals surface area contributed by atoms with Crippen molar-refractivity contribution in [3.05, 3.63) is 65.2 Å². The highest BCUT2D eigenvalue weighted by atomic mass is 19.4. The molecular formula is C24H30F3N5O.